The number of benzene rings is 9. The SMILES string of the molecule is N#Cc1c2ccc(C=Cc3ccc(N(c4ccccc4)c4ccc(C5CCCCC5)cc4)cc3)cc2c(C#N)c2ccc(C=Cc3ccc(N(c4ccccc4)c4ccc(C5CCCCC5)cc4)cc3)cc12. The Morgan fingerprint density at radius 3 is 0.972 bits per heavy atom. The van der Waals surface area contributed by atoms with E-state index in [-0.39, 0.29) is 0 Å². The average molecular weight is 931 g/mol. The van der Waals surface area contributed by atoms with Gasteiger partial charge in [-0.15, -0.1) is 0 Å². The second-order valence-electron chi connectivity index (χ2n) is 19.6. The van der Waals surface area contributed by atoms with Crippen LogP contribution in [0.25, 0.3) is 45.8 Å². The van der Waals surface area contributed by atoms with Crippen molar-refractivity contribution < 1.29 is 0 Å². The number of fused-ring (bicyclic) bond motifs is 2. The van der Waals surface area contributed by atoms with Crippen LogP contribution in [0, 0.1) is 22.7 Å². The highest BCUT2D eigenvalue weighted by atomic mass is 15.1. The molecule has 0 spiro atoms. The molecule has 0 N–H and O–H groups in total. The number of nitriles is 2. The van der Waals surface area contributed by atoms with Crippen LogP contribution < -0.4 is 9.80 Å². The second-order valence-corrected chi connectivity index (χ2v) is 19.6. The lowest BCUT2D eigenvalue weighted by atomic mass is 9.84. The number of rotatable bonds is 12. The smallest absolute Gasteiger partial charge is 0.100 e. The molecule has 4 heteroatoms. The first kappa shape index (κ1) is 46.0. The molecule has 2 fully saturated rings. The number of hydrogen-bond acceptors (Lipinski definition) is 4. The molecular formula is C68H58N4. The van der Waals surface area contributed by atoms with E-state index in [9.17, 15) is 10.5 Å². The zero-order valence-electron chi connectivity index (χ0n) is 40.8. The summed E-state index contributed by atoms with van der Waals surface area (Å²) < 4.78 is 0. The van der Waals surface area contributed by atoms with Crippen molar-refractivity contribution >= 4 is 80.0 Å². The van der Waals surface area contributed by atoms with E-state index in [1.807, 2.05) is 36.4 Å². The van der Waals surface area contributed by atoms with Gasteiger partial charge in [0.05, 0.1) is 11.1 Å². The van der Waals surface area contributed by atoms with Crippen LogP contribution in [-0.2, 0) is 0 Å². The van der Waals surface area contributed by atoms with Crippen molar-refractivity contribution in [1.29, 1.82) is 10.5 Å². The van der Waals surface area contributed by atoms with E-state index in [1.165, 1.54) is 75.3 Å². The fourth-order valence-corrected chi connectivity index (χ4v) is 11.3. The van der Waals surface area contributed by atoms with E-state index in [0.29, 0.717) is 23.0 Å². The molecule has 2 aliphatic rings. The van der Waals surface area contributed by atoms with Crippen LogP contribution in [0.4, 0.5) is 34.1 Å². The highest BCUT2D eigenvalue weighted by molar-refractivity contribution is 6.10. The minimum absolute atomic E-state index is 0.573. The van der Waals surface area contributed by atoms with Gasteiger partial charge in [0.15, 0.2) is 0 Å². The third-order valence-electron chi connectivity index (χ3n) is 15.1. The molecule has 0 aliphatic heterocycles. The second kappa shape index (κ2) is 21.3. The van der Waals surface area contributed by atoms with Gasteiger partial charge in [-0.25, -0.2) is 0 Å². The molecule has 0 atom stereocenters. The molecule has 0 amide bonds. The first-order valence-electron chi connectivity index (χ1n) is 25.9. The largest absolute Gasteiger partial charge is 0.311 e. The van der Waals surface area contributed by atoms with Gasteiger partial charge in [0, 0.05) is 55.7 Å². The lowest BCUT2D eigenvalue weighted by Gasteiger charge is -2.27. The van der Waals surface area contributed by atoms with Gasteiger partial charge >= 0.3 is 0 Å². The molecule has 0 radical (unpaired) electrons. The Morgan fingerprint density at radius 1 is 0.319 bits per heavy atom. The van der Waals surface area contributed by atoms with Gasteiger partial charge in [0.25, 0.3) is 0 Å². The molecule has 0 heterocycles. The predicted octanol–water partition coefficient (Wildman–Crippen LogP) is 19.1. The summed E-state index contributed by atoms with van der Waals surface area (Å²) in [6, 6.07) is 74.0. The quantitative estimate of drug-likeness (QED) is 0.0905. The van der Waals surface area contributed by atoms with Crippen LogP contribution in [0.2, 0.25) is 0 Å². The van der Waals surface area contributed by atoms with Crippen LogP contribution >= 0.6 is 0 Å². The molecule has 2 aliphatic carbocycles. The Kier molecular flexibility index (Phi) is 13.6. The van der Waals surface area contributed by atoms with E-state index < -0.39 is 0 Å². The fourth-order valence-electron chi connectivity index (χ4n) is 11.3. The van der Waals surface area contributed by atoms with Crippen molar-refractivity contribution in [3.05, 3.63) is 239 Å². The Morgan fingerprint density at radius 2 is 0.625 bits per heavy atom. The molecule has 0 saturated heterocycles. The van der Waals surface area contributed by atoms with Crippen molar-refractivity contribution in [2.24, 2.45) is 0 Å². The van der Waals surface area contributed by atoms with Gasteiger partial charge in [-0.05, 0) is 156 Å². The average Bonchev–Trinajstić information content (AvgIpc) is 3.45. The lowest BCUT2D eigenvalue weighted by Crippen LogP contribution is -2.10. The summed E-state index contributed by atoms with van der Waals surface area (Å²) in [5.41, 5.74) is 14.8. The zero-order valence-corrected chi connectivity index (χ0v) is 40.8. The standard InChI is InChI=1S/C68H58N4/c69-47-67-64-44-30-52(24-22-50-27-37-60(38-28-50)72(58-19-11-4-12-20-58)62-41-33-56(34-42-62)54-15-7-2-8-16-54)46-66(64)68(48-70)63-43-29-51(45-65(63)67)23-21-49-25-35-59(36-26-49)71(57-17-9-3-10-18-57)61-39-31-55(32-40-61)53-13-5-1-6-14-53/h3-4,9-12,17-46,53-54H,1-2,5-8,13-16H2. The number of nitrogens with zero attached hydrogens (tertiary/aromatic N) is 4. The summed E-state index contributed by atoms with van der Waals surface area (Å²) in [5, 5.41) is 24.4. The molecule has 11 rings (SSSR count). The molecule has 9 aromatic rings. The van der Waals surface area contributed by atoms with Gasteiger partial charge in [-0.3, -0.25) is 0 Å². The molecular weight excluding hydrogens is 873 g/mol. The molecule has 72 heavy (non-hydrogen) atoms. The van der Waals surface area contributed by atoms with Crippen molar-refractivity contribution in [2.75, 3.05) is 9.80 Å². The van der Waals surface area contributed by atoms with Crippen LogP contribution in [-0.4, -0.2) is 0 Å². The first-order valence-corrected chi connectivity index (χ1v) is 25.9. The monoisotopic (exact) mass is 930 g/mol. The maximum Gasteiger partial charge on any atom is 0.100 e. The van der Waals surface area contributed by atoms with Crippen molar-refractivity contribution in [3.8, 4) is 12.1 Å². The molecule has 0 aromatic heterocycles. The van der Waals surface area contributed by atoms with E-state index in [4.69, 9.17) is 0 Å². The van der Waals surface area contributed by atoms with Gasteiger partial charge in [0.2, 0.25) is 0 Å². The Bertz CT molecular complexity index is 3220. The number of anilines is 6. The summed E-state index contributed by atoms with van der Waals surface area (Å²) in [5.74, 6) is 1.34. The maximum absolute atomic E-state index is 10.6. The summed E-state index contributed by atoms with van der Waals surface area (Å²) in [4.78, 5) is 4.63. The summed E-state index contributed by atoms with van der Waals surface area (Å²) in [7, 11) is 0. The van der Waals surface area contributed by atoms with Gasteiger partial charge in [0.1, 0.15) is 12.1 Å². The molecule has 350 valence electrons. The minimum atomic E-state index is 0.573. The van der Waals surface area contributed by atoms with Crippen LogP contribution in [0.1, 0.15) is 121 Å². The van der Waals surface area contributed by atoms with Crippen LogP contribution in [0.15, 0.2) is 194 Å². The predicted molar refractivity (Wildman–Crippen MR) is 303 cm³/mol. The van der Waals surface area contributed by atoms with Gasteiger partial charge < -0.3 is 9.80 Å². The van der Waals surface area contributed by atoms with Gasteiger partial charge in [-0.1, -0.05) is 172 Å². The molecule has 9 aromatic carbocycles. The van der Waals surface area contributed by atoms with Crippen molar-refractivity contribution in [3.63, 3.8) is 0 Å². The Hall–Kier alpha value is -8.44. The highest BCUT2D eigenvalue weighted by Gasteiger charge is 2.20. The minimum Gasteiger partial charge on any atom is -0.311 e. The van der Waals surface area contributed by atoms with E-state index in [1.54, 1.807) is 0 Å². The van der Waals surface area contributed by atoms with E-state index in [2.05, 4.69) is 204 Å². The third-order valence-corrected chi connectivity index (χ3v) is 15.1. The Labute approximate surface area is 425 Å². The van der Waals surface area contributed by atoms with Crippen molar-refractivity contribution in [1.82, 2.24) is 0 Å². The molecule has 2 saturated carbocycles. The number of hydrogen-bond donors (Lipinski definition) is 0. The zero-order chi connectivity index (χ0) is 48.6. The van der Waals surface area contributed by atoms with Crippen LogP contribution in [0.5, 0.6) is 0 Å². The highest BCUT2D eigenvalue weighted by Crippen LogP contribution is 2.41. The van der Waals surface area contributed by atoms with E-state index >= 15 is 0 Å². The topological polar surface area (TPSA) is 54.1 Å². The molecule has 0 bridgehead atoms. The van der Waals surface area contributed by atoms with Crippen LogP contribution in [0.3, 0.4) is 0 Å². The fraction of sp³-hybridized carbons (Fsp3) is 0.176. The van der Waals surface area contributed by atoms with Crippen molar-refractivity contribution in [2.45, 2.75) is 76.0 Å². The van der Waals surface area contributed by atoms with E-state index in [0.717, 1.165) is 77.9 Å². The third kappa shape index (κ3) is 9.83. The summed E-state index contributed by atoms with van der Waals surface area (Å²) >= 11 is 0. The lowest BCUT2D eigenvalue weighted by molar-refractivity contribution is 0.443. The summed E-state index contributed by atoms with van der Waals surface area (Å²) in [6.45, 7) is 0. The van der Waals surface area contributed by atoms with Gasteiger partial charge in [-0.2, -0.15) is 10.5 Å². The molecule has 4 nitrogen and oxygen atoms in total. The Balaban J connectivity index is 0.821. The first-order chi connectivity index (χ1) is 35.6. The normalized spacial score (nSPS) is 14.4. The molecule has 0 unspecified atom stereocenters. The summed E-state index contributed by atoms with van der Waals surface area (Å²) in [6.07, 6.45) is 21.6. The number of para-hydroxylation sites is 2. The maximum atomic E-state index is 10.6.